The molecular formula is C30H26O13. The minimum atomic E-state index is -1.86. The fourth-order valence-electron chi connectivity index (χ4n) is 4.37. The topological polar surface area (TPSA) is 217 Å². The monoisotopic (exact) mass is 594 g/mol. The standard InChI is InChI=1S/C30H26O13/c31-16-6-1-14(2-7-16)3-10-23(34)40-13-22-26(36)28(38)29(39)30(43-22)42-21-12-20-24(27(37)25(21)35)18(33)11-19(41-20)15-4-8-17(32)9-5-15/h1-12,22,26,28-32,35-39H,13H2. The molecule has 1 aliphatic heterocycles. The summed E-state index contributed by atoms with van der Waals surface area (Å²) in [4.78, 5) is 24.9. The molecule has 43 heavy (non-hydrogen) atoms. The molecule has 224 valence electrons. The van der Waals surface area contributed by atoms with Gasteiger partial charge in [-0.2, -0.15) is 0 Å². The maximum absolute atomic E-state index is 12.8. The predicted molar refractivity (Wildman–Crippen MR) is 148 cm³/mol. The summed E-state index contributed by atoms with van der Waals surface area (Å²) in [6, 6.07) is 13.9. The lowest BCUT2D eigenvalue weighted by molar-refractivity contribution is -0.278. The largest absolute Gasteiger partial charge is 0.508 e. The van der Waals surface area contributed by atoms with Crippen molar-refractivity contribution in [1.29, 1.82) is 0 Å². The van der Waals surface area contributed by atoms with Crippen LogP contribution in [0.1, 0.15) is 5.56 Å². The first-order valence-corrected chi connectivity index (χ1v) is 12.8. The molecule has 0 saturated carbocycles. The normalized spacial score (nSPS) is 22.1. The van der Waals surface area contributed by atoms with Crippen LogP contribution >= 0.6 is 0 Å². The molecule has 0 amide bonds. The number of carbonyl (C=O) groups excluding carboxylic acids is 1. The lowest BCUT2D eigenvalue weighted by atomic mass is 9.99. The Morgan fingerprint density at radius 3 is 2.16 bits per heavy atom. The minimum absolute atomic E-state index is 0.0119. The molecule has 0 aliphatic carbocycles. The first kappa shape index (κ1) is 29.4. The Morgan fingerprint density at radius 1 is 0.837 bits per heavy atom. The van der Waals surface area contributed by atoms with Crippen LogP contribution in [0, 0.1) is 0 Å². The van der Waals surface area contributed by atoms with E-state index in [1.807, 2.05) is 0 Å². The van der Waals surface area contributed by atoms with Crippen LogP contribution < -0.4 is 10.2 Å². The van der Waals surface area contributed by atoms with E-state index in [9.17, 15) is 45.3 Å². The van der Waals surface area contributed by atoms with Gasteiger partial charge in [0.05, 0.1) is 0 Å². The summed E-state index contributed by atoms with van der Waals surface area (Å²) in [5.74, 6) is -2.98. The summed E-state index contributed by atoms with van der Waals surface area (Å²) in [6.45, 7) is -0.566. The Kier molecular flexibility index (Phi) is 8.23. The van der Waals surface area contributed by atoms with E-state index in [0.29, 0.717) is 11.1 Å². The van der Waals surface area contributed by atoms with Crippen LogP contribution in [0.3, 0.4) is 0 Å². The van der Waals surface area contributed by atoms with Gasteiger partial charge < -0.3 is 54.4 Å². The van der Waals surface area contributed by atoms with E-state index in [0.717, 1.165) is 18.2 Å². The second-order valence-electron chi connectivity index (χ2n) is 9.65. The fourth-order valence-corrected chi connectivity index (χ4v) is 4.37. The van der Waals surface area contributed by atoms with E-state index < -0.39 is 66.0 Å². The van der Waals surface area contributed by atoms with Crippen molar-refractivity contribution in [3.63, 3.8) is 0 Å². The number of benzene rings is 3. The van der Waals surface area contributed by atoms with Crippen LogP contribution in [0.25, 0.3) is 28.4 Å². The summed E-state index contributed by atoms with van der Waals surface area (Å²) >= 11 is 0. The molecule has 5 unspecified atom stereocenters. The number of aromatic hydroxyl groups is 4. The average Bonchev–Trinajstić information content (AvgIpc) is 2.99. The van der Waals surface area contributed by atoms with E-state index in [2.05, 4.69) is 0 Å². The molecule has 5 rings (SSSR count). The van der Waals surface area contributed by atoms with Gasteiger partial charge in [-0.05, 0) is 48.0 Å². The number of rotatable bonds is 7. The van der Waals surface area contributed by atoms with Crippen LogP contribution in [0.15, 0.2) is 76.0 Å². The Labute approximate surface area is 242 Å². The number of aliphatic hydroxyl groups excluding tert-OH is 3. The molecule has 0 radical (unpaired) electrons. The van der Waals surface area contributed by atoms with Crippen LogP contribution in [0.4, 0.5) is 0 Å². The molecule has 1 fully saturated rings. The van der Waals surface area contributed by atoms with Gasteiger partial charge in [0.15, 0.2) is 16.9 Å². The van der Waals surface area contributed by atoms with Crippen molar-refractivity contribution in [3.8, 4) is 40.1 Å². The third-order valence-electron chi connectivity index (χ3n) is 6.69. The molecular weight excluding hydrogens is 568 g/mol. The van der Waals surface area contributed by atoms with Gasteiger partial charge in [0, 0.05) is 23.8 Å². The van der Waals surface area contributed by atoms with Crippen molar-refractivity contribution in [2.24, 2.45) is 0 Å². The second kappa shape index (κ2) is 12.0. The van der Waals surface area contributed by atoms with Gasteiger partial charge in [0.25, 0.3) is 0 Å². The van der Waals surface area contributed by atoms with E-state index >= 15 is 0 Å². The van der Waals surface area contributed by atoms with E-state index in [4.69, 9.17) is 18.6 Å². The highest BCUT2D eigenvalue weighted by atomic mass is 16.7. The summed E-state index contributed by atoms with van der Waals surface area (Å²) in [5, 5.41) is 70.9. The summed E-state index contributed by atoms with van der Waals surface area (Å²) < 4.78 is 21.9. The number of hydrogen-bond acceptors (Lipinski definition) is 13. The van der Waals surface area contributed by atoms with Gasteiger partial charge in [0.1, 0.15) is 59.3 Å². The molecule has 13 heteroatoms. The van der Waals surface area contributed by atoms with E-state index in [1.54, 1.807) is 12.1 Å². The fraction of sp³-hybridized carbons (Fsp3) is 0.200. The molecule has 0 spiro atoms. The van der Waals surface area contributed by atoms with Crippen molar-refractivity contribution in [2.75, 3.05) is 6.61 Å². The van der Waals surface area contributed by atoms with Crippen molar-refractivity contribution < 1.29 is 59.2 Å². The number of esters is 1. The number of hydrogen-bond donors (Lipinski definition) is 7. The van der Waals surface area contributed by atoms with Crippen molar-refractivity contribution in [2.45, 2.75) is 30.7 Å². The zero-order chi connectivity index (χ0) is 30.8. The smallest absolute Gasteiger partial charge is 0.330 e. The SMILES string of the molecule is O=C(C=Cc1ccc(O)cc1)OCC1OC(Oc2cc3oc(-c4ccc(O)cc4)cc(=O)c3c(O)c2O)C(O)C(O)C1O. The highest BCUT2D eigenvalue weighted by molar-refractivity contribution is 5.89. The van der Waals surface area contributed by atoms with E-state index in [1.165, 1.54) is 42.5 Å². The molecule has 3 aromatic carbocycles. The van der Waals surface area contributed by atoms with Crippen molar-refractivity contribution in [1.82, 2.24) is 0 Å². The third-order valence-corrected chi connectivity index (χ3v) is 6.69. The first-order chi connectivity index (χ1) is 20.5. The minimum Gasteiger partial charge on any atom is -0.508 e. The van der Waals surface area contributed by atoms with E-state index in [-0.39, 0.29) is 28.2 Å². The van der Waals surface area contributed by atoms with Crippen LogP contribution in [-0.4, -0.2) is 79.0 Å². The Hall–Kier alpha value is -5.08. The average molecular weight is 595 g/mol. The van der Waals surface area contributed by atoms with Gasteiger partial charge in [0.2, 0.25) is 12.0 Å². The van der Waals surface area contributed by atoms with Crippen LogP contribution in [-0.2, 0) is 14.3 Å². The Morgan fingerprint density at radius 2 is 1.49 bits per heavy atom. The second-order valence-corrected chi connectivity index (χ2v) is 9.65. The summed E-state index contributed by atoms with van der Waals surface area (Å²) in [5.41, 5.74) is 0.112. The number of aliphatic hydroxyl groups is 3. The molecule has 2 heterocycles. The first-order valence-electron chi connectivity index (χ1n) is 12.8. The lowest BCUT2D eigenvalue weighted by Gasteiger charge is -2.39. The highest BCUT2D eigenvalue weighted by Crippen LogP contribution is 2.42. The molecule has 1 saturated heterocycles. The van der Waals surface area contributed by atoms with Crippen molar-refractivity contribution in [3.05, 3.63) is 82.5 Å². The van der Waals surface area contributed by atoms with Gasteiger partial charge in [-0.1, -0.05) is 12.1 Å². The van der Waals surface area contributed by atoms with Gasteiger partial charge in [-0.3, -0.25) is 4.79 Å². The maximum Gasteiger partial charge on any atom is 0.330 e. The zero-order valence-corrected chi connectivity index (χ0v) is 22.1. The maximum atomic E-state index is 12.8. The number of fused-ring (bicyclic) bond motifs is 1. The summed E-state index contributed by atoms with van der Waals surface area (Å²) in [7, 11) is 0. The quantitative estimate of drug-likeness (QED) is 0.0923. The molecule has 0 bridgehead atoms. The summed E-state index contributed by atoms with van der Waals surface area (Å²) in [6.07, 6.45) is -6.00. The molecule has 1 aliphatic rings. The molecule has 13 nitrogen and oxygen atoms in total. The number of phenols is 4. The molecule has 1 aromatic heterocycles. The molecule has 7 N–H and O–H groups in total. The third kappa shape index (κ3) is 6.24. The van der Waals surface area contributed by atoms with Crippen LogP contribution in [0.5, 0.6) is 28.7 Å². The molecule has 4 aromatic rings. The number of phenolic OH excluding ortho intramolecular Hbond substituents is 4. The van der Waals surface area contributed by atoms with Gasteiger partial charge >= 0.3 is 5.97 Å². The predicted octanol–water partition coefficient (Wildman–Crippen LogP) is 1.73. The Balaban J connectivity index is 1.35. The zero-order valence-electron chi connectivity index (χ0n) is 22.1. The van der Waals surface area contributed by atoms with Crippen molar-refractivity contribution >= 4 is 23.0 Å². The molecule has 5 atom stereocenters. The Bertz CT molecular complexity index is 1710. The number of ether oxygens (including phenoxy) is 3. The van der Waals surface area contributed by atoms with Crippen LogP contribution in [0.2, 0.25) is 0 Å². The van der Waals surface area contributed by atoms with Gasteiger partial charge in [-0.25, -0.2) is 4.79 Å². The van der Waals surface area contributed by atoms with Gasteiger partial charge in [-0.15, -0.1) is 0 Å². The number of carbonyl (C=O) groups is 1. The highest BCUT2D eigenvalue weighted by Gasteiger charge is 2.46. The lowest BCUT2D eigenvalue weighted by Crippen LogP contribution is -2.60.